The largest absolute Gasteiger partial charge is 0.340 e. The standard InChI is InChI=1S/C15H13N3O2/c16-11-4-12-17(13-5-2-1-3-6-13)14-7-9-15(10-8-14)18(19)20/h1-3,5-10H,4,12H2. The summed E-state index contributed by atoms with van der Waals surface area (Å²) in [5.74, 6) is 0. The van der Waals surface area contributed by atoms with Crippen molar-refractivity contribution in [1.82, 2.24) is 0 Å². The summed E-state index contributed by atoms with van der Waals surface area (Å²) in [6.07, 6.45) is 0.381. The monoisotopic (exact) mass is 267 g/mol. The number of nitriles is 1. The molecule has 2 aromatic carbocycles. The Balaban J connectivity index is 2.31. The van der Waals surface area contributed by atoms with E-state index in [9.17, 15) is 10.1 Å². The fourth-order valence-corrected chi connectivity index (χ4v) is 1.93. The summed E-state index contributed by atoms with van der Waals surface area (Å²) < 4.78 is 0. The number of non-ortho nitro benzene ring substituents is 1. The lowest BCUT2D eigenvalue weighted by Crippen LogP contribution is -2.17. The lowest BCUT2D eigenvalue weighted by atomic mass is 10.2. The van der Waals surface area contributed by atoms with E-state index in [1.165, 1.54) is 12.1 Å². The Labute approximate surface area is 116 Å². The maximum absolute atomic E-state index is 10.7. The zero-order valence-electron chi connectivity index (χ0n) is 10.8. The van der Waals surface area contributed by atoms with Crippen molar-refractivity contribution in [2.45, 2.75) is 6.42 Å². The first kappa shape index (κ1) is 13.6. The molecule has 0 aliphatic carbocycles. The van der Waals surface area contributed by atoms with Gasteiger partial charge in [-0.3, -0.25) is 10.1 Å². The van der Waals surface area contributed by atoms with Crippen molar-refractivity contribution in [3.63, 3.8) is 0 Å². The number of nitrogens with zero attached hydrogens (tertiary/aromatic N) is 3. The maximum Gasteiger partial charge on any atom is 0.269 e. The number of hydrogen-bond donors (Lipinski definition) is 0. The molecule has 100 valence electrons. The van der Waals surface area contributed by atoms with Gasteiger partial charge < -0.3 is 4.90 Å². The van der Waals surface area contributed by atoms with Crippen LogP contribution in [0, 0.1) is 21.4 Å². The number of nitro groups is 1. The van der Waals surface area contributed by atoms with Crippen LogP contribution in [0.15, 0.2) is 54.6 Å². The van der Waals surface area contributed by atoms with Crippen molar-refractivity contribution >= 4 is 17.1 Å². The summed E-state index contributed by atoms with van der Waals surface area (Å²) in [6, 6.07) is 18.1. The highest BCUT2D eigenvalue weighted by Crippen LogP contribution is 2.27. The number of rotatable bonds is 5. The van der Waals surface area contributed by atoms with E-state index >= 15 is 0 Å². The van der Waals surface area contributed by atoms with Crippen molar-refractivity contribution in [3.05, 3.63) is 64.7 Å². The Morgan fingerprint density at radius 3 is 2.20 bits per heavy atom. The van der Waals surface area contributed by atoms with E-state index in [1.54, 1.807) is 12.1 Å². The van der Waals surface area contributed by atoms with E-state index in [0.29, 0.717) is 13.0 Å². The van der Waals surface area contributed by atoms with Crippen LogP contribution < -0.4 is 4.90 Å². The number of anilines is 2. The van der Waals surface area contributed by atoms with Crippen LogP contribution in [0.4, 0.5) is 17.1 Å². The Bertz CT molecular complexity index is 618. The predicted molar refractivity (Wildman–Crippen MR) is 76.8 cm³/mol. The Morgan fingerprint density at radius 1 is 1.05 bits per heavy atom. The molecule has 20 heavy (non-hydrogen) atoms. The third kappa shape index (κ3) is 3.12. The predicted octanol–water partition coefficient (Wildman–Crippen LogP) is 3.65. The summed E-state index contributed by atoms with van der Waals surface area (Å²) >= 11 is 0. The molecule has 5 nitrogen and oxygen atoms in total. The normalized spacial score (nSPS) is 9.75. The summed E-state index contributed by atoms with van der Waals surface area (Å²) in [6.45, 7) is 0.540. The number of hydrogen-bond acceptors (Lipinski definition) is 4. The van der Waals surface area contributed by atoms with E-state index in [0.717, 1.165) is 11.4 Å². The molecule has 0 aliphatic heterocycles. The molecule has 0 atom stereocenters. The molecule has 2 rings (SSSR count). The minimum atomic E-state index is -0.425. The smallest absolute Gasteiger partial charge is 0.269 e. The summed E-state index contributed by atoms with van der Waals surface area (Å²) in [5.41, 5.74) is 1.84. The van der Waals surface area contributed by atoms with Crippen LogP contribution in [0.2, 0.25) is 0 Å². The van der Waals surface area contributed by atoms with Crippen molar-refractivity contribution < 1.29 is 4.92 Å². The van der Waals surface area contributed by atoms with Gasteiger partial charge in [-0.05, 0) is 24.3 Å². The highest BCUT2D eigenvalue weighted by atomic mass is 16.6. The molecule has 0 aliphatic rings. The molecule has 0 radical (unpaired) electrons. The third-order valence-corrected chi connectivity index (χ3v) is 2.89. The van der Waals surface area contributed by atoms with Gasteiger partial charge in [0.15, 0.2) is 0 Å². The highest BCUT2D eigenvalue weighted by Gasteiger charge is 2.11. The molecule has 0 unspecified atom stereocenters. The first-order chi connectivity index (χ1) is 9.72. The van der Waals surface area contributed by atoms with Gasteiger partial charge in [0.2, 0.25) is 0 Å². The molecule has 0 spiro atoms. The molecule has 0 aromatic heterocycles. The lowest BCUT2D eigenvalue weighted by Gasteiger charge is -2.23. The van der Waals surface area contributed by atoms with Crippen molar-refractivity contribution in [3.8, 4) is 6.07 Å². The fourth-order valence-electron chi connectivity index (χ4n) is 1.93. The second kappa shape index (κ2) is 6.34. The van der Waals surface area contributed by atoms with Crippen LogP contribution in [0.3, 0.4) is 0 Å². The average molecular weight is 267 g/mol. The molecule has 0 fully saturated rings. The molecular formula is C15H13N3O2. The molecular weight excluding hydrogens is 254 g/mol. The van der Waals surface area contributed by atoms with Crippen LogP contribution in [0.1, 0.15) is 6.42 Å². The van der Waals surface area contributed by atoms with Gasteiger partial charge in [0.05, 0.1) is 17.4 Å². The first-order valence-electron chi connectivity index (χ1n) is 6.16. The van der Waals surface area contributed by atoms with Gasteiger partial charge in [-0.1, -0.05) is 18.2 Å². The van der Waals surface area contributed by atoms with Gasteiger partial charge in [-0.25, -0.2) is 0 Å². The molecule has 0 N–H and O–H groups in total. The van der Waals surface area contributed by atoms with Crippen molar-refractivity contribution in [1.29, 1.82) is 5.26 Å². The first-order valence-corrected chi connectivity index (χ1v) is 6.16. The number of nitro benzene ring substituents is 1. The number of benzene rings is 2. The average Bonchev–Trinajstić information content (AvgIpc) is 2.49. The van der Waals surface area contributed by atoms with E-state index in [4.69, 9.17) is 5.26 Å². The summed E-state index contributed by atoms with van der Waals surface area (Å²) in [5, 5.41) is 19.4. The van der Waals surface area contributed by atoms with Gasteiger partial charge in [0, 0.05) is 30.1 Å². The van der Waals surface area contributed by atoms with Crippen LogP contribution in [0.25, 0.3) is 0 Å². The van der Waals surface area contributed by atoms with Crippen LogP contribution in [-0.4, -0.2) is 11.5 Å². The number of para-hydroxylation sites is 1. The van der Waals surface area contributed by atoms with E-state index < -0.39 is 4.92 Å². The quantitative estimate of drug-likeness (QED) is 0.612. The Morgan fingerprint density at radius 2 is 1.65 bits per heavy atom. The highest BCUT2D eigenvalue weighted by molar-refractivity contribution is 5.64. The fraction of sp³-hybridized carbons (Fsp3) is 0.133. The van der Waals surface area contributed by atoms with Gasteiger partial charge in [-0.2, -0.15) is 5.26 Å². The summed E-state index contributed by atoms with van der Waals surface area (Å²) in [7, 11) is 0. The van der Waals surface area contributed by atoms with Crippen molar-refractivity contribution in [2.75, 3.05) is 11.4 Å². The van der Waals surface area contributed by atoms with Gasteiger partial charge >= 0.3 is 0 Å². The molecule has 0 bridgehead atoms. The maximum atomic E-state index is 10.7. The molecule has 0 saturated heterocycles. The minimum absolute atomic E-state index is 0.0574. The minimum Gasteiger partial charge on any atom is -0.340 e. The topological polar surface area (TPSA) is 70.2 Å². The zero-order valence-corrected chi connectivity index (χ0v) is 10.8. The lowest BCUT2D eigenvalue weighted by molar-refractivity contribution is -0.384. The third-order valence-electron chi connectivity index (χ3n) is 2.89. The molecule has 2 aromatic rings. The van der Waals surface area contributed by atoms with Crippen molar-refractivity contribution in [2.24, 2.45) is 0 Å². The second-order valence-electron chi connectivity index (χ2n) is 4.17. The van der Waals surface area contributed by atoms with E-state index in [1.807, 2.05) is 35.2 Å². The zero-order chi connectivity index (χ0) is 14.4. The SMILES string of the molecule is N#CCCN(c1ccccc1)c1ccc([N+](=O)[O-])cc1. The van der Waals surface area contributed by atoms with Crippen LogP contribution in [0.5, 0.6) is 0 Å². The van der Waals surface area contributed by atoms with E-state index in [-0.39, 0.29) is 5.69 Å². The van der Waals surface area contributed by atoms with Gasteiger partial charge in [-0.15, -0.1) is 0 Å². The Kier molecular flexibility index (Phi) is 4.30. The van der Waals surface area contributed by atoms with Gasteiger partial charge in [0.25, 0.3) is 5.69 Å². The second-order valence-corrected chi connectivity index (χ2v) is 4.17. The molecule has 5 heteroatoms. The van der Waals surface area contributed by atoms with Gasteiger partial charge in [0.1, 0.15) is 0 Å². The molecule has 0 heterocycles. The van der Waals surface area contributed by atoms with Crippen LogP contribution >= 0.6 is 0 Å². The van der Waals surface area contributed by atoms with E-state index in [2.05, 4.69) is 6.07 Å². The summed E-state index contributed by atoms with van der Waals surface area (Å²) in [4.78, 5) is 12.2. The Hall–Kier alpha value is -2.87. The molecule has 0 saturated carbocycles. The molecule has 0 amide bonds. The van der Waals surface area contributed by atoms with Crippen LogP contribution in [-0.2, 0) is 0 Å².